The smallest absolute Gasteiger partial charge is 0.420 e. The van der Waals surface area contributed by atoms with Crippen molar-refractivity contribution >= 4 is 452 Å². The first-order valence-corrected chi connectivity index (χ1v) is 129. The van der Waals surface area contributed by atoms with Gasteiger partial charge in [-0.25, -0.2) is 0 Å². The van der Waals surface area contributed by atoms with Crippen LogP contribution in [0.2, 0.25) is 32.2 Å². The molecule has 112 heavy (non-hydrogen) atoms. The first kappa shape index (κ1) is 121. The molecule has 0 aliphatic rings. The van der Waals surface area contributed by atoms with Gasteiger partial charge in [0.05, 0.1) is 0 Å². The van der Waals surface area contributed by atoms with Crippen molar-refractivity contribution in [2.45, 2.75) is 52.0 Å². The lowest BCUT2D eigenvalue weighted by Gasteiger charge is -2.75. The van der Waals surface area contributed by atoms with Crippen LogP contribution >= 0.6 is 0 Å². The van der Waals surface area contributed by atoms with Crippen molar-refractivity contribution in [2.24, 2.45) is 0 Å². The lowest BCUT2D eigenvalue weighted by molar-refractivity contribution is 0.308. The van der Waals surface area contributed by atoms with Crippen LogP contribution in [-0.2, 0) is 78.8 Å². The van der Waals surface area contributed by atoms with E-state index in [2.05, 4.69) is 9.76 Å². The fraction of sp³-hybridized carbons (Fsp3) is 1.00. The van der Waals surface area contributed by atoms with Crippen LogP contribution in [-0.4, -0.2) is 612 Å². The van der Waals surface area contributed by atoms with E-state index in [1.807, 2.05) is 0 Å². The van der Waals surface area contributed by atoms with Gasteiger partial charge in [-0.05, 0) is 32.2 Å². The Morgan fingerprint density at radius 3 is 0.777 bits per heavy atom. The van der Waals surface area contributed by atoms with Gasteiger partial charge in [-0.3, -0.25) is 0 Å². The Hall–Kier alpha value is 9.08. The van der Waals surface area contributed by atoms with Crippen LogP contribution in [0.25, 0.3) is 0 Å². The molecule has 4 unspecified atom stereocenters. The monoisotopic (exact) mass is 2430 g/mol. The summed E-state index contributed by atoms with van der Waals surface area (Å²) >= 11 is 0. The van der Waals surface area contributed by atoms with E-state index in [0.29, 0.717) is 0 Å². The quantitative estimate of drug-likeness (QED) is 0.0251. The summed E-state index contributed by atoms with van der Waals surface area (Å²) in [5.41, 5.74) is 0. The second-order valence-corrected chi connectivity index (χ2v) is 239. The van der Waals surface area contributed by atoms with Crippen molar-refractivity contribution in [3.63, 3.8) is 0 Å². The molecule has 606 valence electrons. The highest BCUT2D eigenvalue weighted by Gasteiger charge is 3.06. The number of hydrogen-bond acceptors (Lipinski definition) is 51. The average Bonchev–Trinajstić information content (AvgIpc) is 0.620. The largest absolute Gasteiger partial charge is 0.439 e. The lowest BCUT2D eigenvalue weighted by atomic mass is 10.4. The summed E-state index contributed by atoms with van der Waals surface area (Å²) in [5, 5.41) is 0. The molecule has 4 atom stereocenters. The van der Waals surface area contributed by atoms with Gasteiger partial charge in [0, 0.05) is 16.9 Å². The molecule has 0 bridgehead atoms. The number of unbranched alkanes of at least 4 members (excludes halogenated alkanes) is 1. The minimum Gasteiger partial charge on any atom is -0.439 e. The molecule has 0 saturated heterocycles. The van der Waals surface area contributed by atoms with E-state index in [9.17, 15) is 149 Å². The zero-order valence-electron chi connectivity index (χ0n) is 56.2. The molecule has 103 heteroatoms. The summed E-state index contributed by atoms with van der Waals surface area (Å²) in [6.45, 7) is -70.9. The molecule has 0 aromatic heterocycles. The fourth-order valence-corrected chi connectivity index (χ4v) is 737. The van der Waals surface area contributed by atoms with Crippen LogP contribution in [0.5, 0.6) is 0 Å². The number of hydrogen-bond donors (Lipinski definition) is 32. The molecule has 0 aliphatic carbocycles. The molecule has 32 N–H and O–H groups in total. The molecule has 0 aliphatic heterocycles. The van der Waals surface area contributed by atoms with Gasteiger partial charge in [0.15, 0.2) is 7.35 Å². The first-order valence-electron chi connectivity index (χ1n) is 27.5. The molecule has 66 radical (unpaired) electrons. The van der Waals surface area contributed by atoms with Crippen molar-refractivity contribution in [2.75, 3.05) is 7.11 Å². The van der Waals surface area contributed by atoms with Crippen molar-refractivity contribution < 1.29 is 232 Å². The Kier molecular flexibility index (Phi) is 60.0. The van der Waals surface area contributed by atoms with Gasteiger partial charge in [-0.15, -0.1) is 0 Å². The van der Waals surface area contributed by atoms with E-state index in [1.165, 1.54) is 6.92 Å². The third-order valence-electron chi connectivity index (χ3n) is 15.0. The summed E-state index contributed by atoms with van der Waals surface area (Å²) < 4.78 is 141. The van der Waals surface area contributed by atoms with E-state index in [-0.39, 0.29) is 6.42 Å². The standard InChI is InChI=1S/C9H56O51Si52/c1-7-8-9-94(42)109(54-72-20,96(6,61)43-2)111(58-99(77-25,78-26)46-64-12,112(107(89-37,90-38)52-70-18,108(91-39,92-40)53-71-19)59-100(79-27,80-28)47-65-13)102(55-95(4,5)93(3)41,110(105(85-33,86-34)50-68-16,106(87-35,88-36)51-69-17)57-98(75-23,76-24)45-63-11)60-101(103(81-29,82-30)48-66-14,104(83-31,84-32)49-67-15)56-97(73-21,74-22)44-62-10/h10-40,42H,7-9H2,1-6H3. The molecule has 51 nitrogen and oxygen atoms in total. The molecule has 0 heterocycles. The van der Waals surface area contributed by atoms with Crippen molar-refractivity contribution in [3.05, 3.63) is 0 Å². The van der Waals surface area contributed by atoms with Gasteiger partial charge in [0.2, 0.25) is 169 Å². The molecule has 0 saturated carbocycles. The average molecular weight is 2440 g/mol. The molecule has 0 rings (SSSR count). The van der Waals surface area contributed by atoms with Gasteiger partial charge in [-0.2, -0.15) is 0 Å². The fourth-order valence-electron chi connectivity index (χ4n) is 10.2. The van der Waals surface area contributed by atoms with Gasteiger partial charge >= 0.3 is 156 Å². The summed E-state index contributed by atoms with van der Waals surface area (Å²) in [6.07, 6.45) is -0.671. The Morgan fingerprint density at radius 1 is 0.304 bits per heavy atom. The third-order valence-corrected chi connectivity index (χ3v) is 418. The van der Waals surface area contributed by atoms with Crippen LogP contribution in [0.15, 0.2) is 0 Å². The van der Waals surface area contributed by atoms with Gasteiger partial charge < -0.3 is 232 Å². The highest BCUT2D eigenvalue weighted by Crippen LogP contribution is 2.59. The minimum atomic E-state index is -9.24. The topological polar surface area (TPSA) is 831 Å². The summed E-state index contributed by atoms with van der Waals surface area (Å²) in [4.78, 5) is 408. The van der Waals surface area contributed by atoms with E-state index < -0.39 is 454 Å². The first-order chi connectivity index (χ1) is 52.9. The van der Waals surface area contributed by atoms with Crippen LogP contribution in [0, 0.1) is 0 Å². The van der Waals surface area contributed by atoms with Gasteiger partial charge in [0.1, 0.15) is 0 Å². The lowest BCUT2D eigenvalue weighted by Crippen LogP contribution is -3.19. The Labute approximate surface area is 734 Å². The summed E-state index contributed by atoms with van der Waals surface area (Å²) in [5.74, 6) is 0. The summed E-state index contributed by atoms with van der Waals surface area (Å²) in [7, 11) is -138. The minimum absolute atomic E-state index is 0.179. The zero-order valence-corrected chi connectivity index (χ0v) is 108. The zero-order chi connectivity index (χ0) is 86.9. The van der Waals surface area contributed by atoms with E-state index >= 15 is 9.26 Å². The Bertz CT molecular complexity index is 2510. The molecule has 0 amide bonds. The highest BCUT2D eigenvalue weighted by molar-refractivity contribution is 8.31. The third kappa shape index (κ3) is 23.3. The molecular formula is C9H56O51Si52. The van der Waals surface area contributed by atoms with Crippen LogP contribution in [0.1, 0.15) is 19.8 Å². The Morgan fingerprint density at radius 2 is 0.545 bits per heavy atom. The second-order valence-electron chi connectivity index (χ2n) is 20.3. The maximum Gasteiger partial charge on any atom is 0.420 e. The van der Waals surface area contributed by atoms with E-state index in [1.54, 1.807) is 0 Å². The summed E-state index contributed by atoms with van der Waals surface area (Å²) in [6, 6.07) is -1.03. The molecular weight excluding hydrogens is 2380 g/mol. The number of rotatable bonds is 71. The highest BCUT2D eigenvalue weighted by atomic mass is 30.5. The Balaban J connectivity index is 17.1. The molecule has 0 spiro atoms. The normalized spacial score (nSPS) is 16.5. The van der Waals surface area contributed by atoms with Crippen LogP contribution in [0.3, 0.4) is 0 Å². The molecule has 0 fully saturated rings. The molecule has 0 aromatic carbocycles. The van der Waals surface area contributed by atoms with Crippen molar-refractivity contribution in [1.29, 1.82) is 0 Å². The van der Waals surface area contributed by atoms with Crippen LogP contribution in [0.4, 0.5) is 0 Å². The predicted octanol–water partition coefficient (Wildman–Crippen LogP) is -34.7. The maximum atomic E-state index is 16.4. The van der Waals surface area contributed by atoms with E-state index in [0.717, 1.165) is 33.3 Å². The predicted molar refractivity (Wildman–Crippen MR) is 440 cm³/mol. The maximum absolute atomic E-state index is 16.4. The van der Waals surface area contributed by atoms with Gasteiger partial charge in [0.25, 0.3) is 110 Å². The van der Waals surface area contributed by atoms with Crippen molar-refractivity contribution in [3.8, 4) is 0 Å². The second kappa shape index (κ2) is 55.5. The van der Waals surface area contributed by atoms with Gasteiger partial charge in [-0.1, -0.05) is 19.8 Å². The van der Waals surface area contributed by atoms with E-state index in [4.69, 9.17) is 74.4 Å². The van der Waals surface area contributed by atoms with Crippen LogP contribution < -0.4 is 0 Å². The SMILES string of the molecule is CCCC[Si](O)[Si](O[Si]O)([Si](C)([Si])OC)[Si](O[Si](O[Si]O)([Si]O)[Si]O)([Si](O[Si](C)(C)[Si](C)=O)(O[Si](O[Si](O[Si]O)([Si]O)[Si]O)([Si](O[Si]O)([Si]O)[Si]O)[Si](O[Si]O)([Si]O)[Si]O)[Si](O[Si](O[Si]O)([Si]O)[Si]O)([Si](O[Si]O)([Si]O)[Si]O)[Si](O[Si]O)([Si]O)[Si]O)[Si](O[Si](O[Si]O)([Si]O)[Si]O)([Si](O[Si]O)([Si]O)[Si]O)[Si](O[Si]O)([Si]O)[Si]O. The van der Waals surface area contributed by atoms with Crippen molar-refractivity contribution in [1.82, 2.24) is 0 Å². The molecule has 0 aromatic rings.